The molecule has 1 aromatic rings. The highest BCUT2D eigenvalue weighted by Crippen LogP contribution is 2.31. The van der Waals surface area contributed by atoms with Crippen LogP contribution in [0.5, 0.6) is 0 Å². The second kappa shape index (κ2) is 5.47. The fraction of sp³-hybridized carbons (Fsp3) is 0.571. The first kappa shape index (κ1) is 14.9. The van der Waals surface area contributed by atoms with Crippen LogP contribution in [0.3, 0.4) is 0 Å². The SMILES string of the molecule is CC(C)(C)C1CN(c2cc(Cl)c(F)c(Cl)c2)CCN1. The van der Waals surface area contributed by atoms with Crippen molar-refractivity contribution in [1.82, 2.24) is 5.32 Å². The molecule has 0 spiro atoms. The number of halogens is 3. The molecule has 1 fully saturated rings. The van der Waals surface area contributed by atoms with Crippen molar-refractivity contribution in [1.29, 1.82) is 0 Å². The minimum atomic E-state index is -0.547. The van der Waals surface area contributed by atoms with E-state index in [-0.39, 0.29) is 15.5 Å². The van der Waals surface area contributed by atoms with E-state index in [1.165, 1.54) is 0 Å². The van der Waals surface area contributed by atoms with Crippen molar-refractivity contribution in [2.24, 2.45) is 5.41 Å². The predicted molar refractivity (Wildman–Crippen MR) is 79.9 cm³/mol. The molecule has 0 bridgehead atoms. The summed E-state index contributed by atoms with van der Waals surface area (Å²) < 4.78 is 13.4. The van der Waals surface area contributed by atoms with E-state index in [4.69, 9.17) is 23.2 Å². The Labute approximate surface area is 123 Å². The van der Waals surface area contributed by atoms with Gasteiger partial charge in [-0.25, -0.2) is 4.39 Å². The average molecular weight is 305 g/mol. The third-order valence-corrected chi connectivity index (χ3v) is 4.10. The lowest BCUT2D eigenvalue weighted by molar-refractivity contribution is 0.254. The number of nitrogens with one attached hydrogen (secondary N) is 1. The highest BCUT2D eigenvalue weighted by Gasteiger charge is 2.29. The molecule has 2 nitrogen and oxygen atoms in total. The number of benzene rings is 1. The molecule has 1 aliphatic heterocycles. The molecular formula is C14H19Cl2FN2. The standard InChI is InChI=1S/C14H19Cl2FN2/c1-14(2,3)12-8-19(5-4-18-12)9-6-10(15)13(17)11(16)7-9/h6-7,12,18H,4-5,8H2,1-3H3. The quantitative estimate of drug-likeness (QED) is 0.790. The molecule has 2 rings (SSSR count). The normalized spacial score (nSPS) is 20.7. The van der Waals surface area contributed by atoms with Gasteiger partial charge in [-0.05, 0) is 17.5 Å². The molecule has 0 aromatic heterocycles. The van der Waals surface area contributed by atoms with Crippen molar-refractivity contribution in [3.63, 3.8) is 0 Å². The molecule has 1 unspecified atom stereocenters. The first-order valence-corrected chi connectivity index (χ1v) is 7.17. The van der Waals surface area contributed by atoms with Crippen LogP contribution in [-0.4, -0.2) is 25.7 Å². The molecule has 19 heavy (non-hydrogen) atoms. The Bertz CT molecular complexity index is 448. The number of hydrogen-bond donors (Lipinski definition) is 1. The zero-order valence-corrected chi connectivity index (χ0v) is 12.9. The maximum atomic E-state index is 13.4. The molecule has 0 saturated carbocycles. The lowest BCUT2D eigenvalue weighted by Crippen LogP contribution is -2.56. The van der Waals surface area contributed by atoms with Gasteiger partial charge in [-0.3, -0.25) is 0 Å². The van der Waals surface area contributed by atoms with Crippen molar-refractivity contribution in [2.45, 2.75) is 26.8 Å². The maximum absolute atomic E-state index is 13.4. The van der Waals surface area contributed by atoms with Crippen LogP contribution in [0, 0.1) is 11.2 Å². The molecule has 0 aliphatic carbocycles. The number of anilines is 1. The van der Waals surface area contributed by atoms with Gasteiger partial charge in [-0.1, -0.05) is 44.0 Å². The topological polar surface area (TPSA) is 15.3 Å². The van der Waals surface area contributed by atoms with Gasteiger partial charge in [0.05, 0.1) is 10.0 Å². The summed E-state index contributed by atoms with van der Waals surface area (Å²) in [4.78, 5) is 2.20. The molecule has 5 heteroatoms. The molecule has 1 N–H and O–H groups in total. The van der Waals surface area contributed by atoms with E-state index in [2.05, 4.69) is 31.0 Å². The predicted octanol–water partition coefficient (Wildman–Crippen LogP) is 3.96. The first-order valence-electron chi connectivity index (χ1n) is 6.42. The number of piperazine rings is 1. The van der Waals surface area contributed by atoms with Crippen LogP contribution in [0.1, 0.15) is 20.8 Å². The molecule has 1 aliphatic rings. The van der Waals surface area contributed by atoms with E-state index in [0.29, 0.717) is 6.04 Å². The van der Waals surface area contributed by atoms with Gasteiger partial charge in [0.15, 0.2) is 5.82 Å². The van der Waals surface area contributed by atoms with Crippen molar-refractivity contribution in [3.05, 3.63) is 28.0 Å². The van der Waals surface area contributed by atoms with E-state index in [0.717, 1.165) is 25.3 Å². The average Bonchev–Trinajstić information content (AvgIpc) is 2.34. The van der Waals surface area contributed by atoms with Crippen molar-refractivity contribution in [2.75, 3.05) is 24.5 Å². The van der Waals surface area contributed by atoms with Gasteiger partial charge in [0.2, 0.25) is 0 Å². The molecule has 1 atom stereocenters. The Morgan fingerprint density at radius 2 is 1.84 bits per heavy atom. The van der Waals surface area contributed by atoms with E-state index >= 15 is 0 Å². The van der Waals surface area contributed by atoms with Crippen LogP contribution in [-0.2, 0) is 0 Å². The second-order valence-corrected chi connectivity index (χ2v) is 6.86. The summed E-state index contributed by atoms with van der Waals surface area (Å²) in [5.74, 6) is -0.547. The zero-order valence-electron chi connectivity index (χ0n) is 11.4. The Morgan fingerprint density at radius 3 is 2.37 bits per heavy atom. The highest BCUT2D eigenvalue weighted by molar-refractivity contribution is 6.35. The summed E-state index contributed by atoms with van der Waals surface area (Å²) in [6.45, 7) is 9.25. The minimum absolute atomic E-state index is 0.0772. The molecule has 1 heterocycles. The van der Waals surface area contributed by atoms with Gasteiger partial charge in [-0.15, -0.1) is 0 Å². The third-order valence-electron chi connectivity index (χ3n) is 3.55. The fourth-order valence-electron chi connectivity index (χ4n) is 2.29. The molecule has 0 radical (unpaired) electrons. The second-order valence-electron chi connectivity index (χ2n) is 6.04. The van der Waals surface area contributed by atoms with Gasteiger partial charge < -0.3 is 10.2 Å². The molecule has 1 aromatic carbocycles. The summed E-state index contributed by atoms with van der Waals surface area (Å²) in [6.07, 6.45) is 0. The van der Waals surface area contributed by atoms with Gasteiger partial charge in [0.25, 0.3) is 0 Å². The van der Waals surface area contributed by atoms with Crippen LogP contribution in [0.4, 0.5) is 10.1 Å². The Balaban J connectivity index is 2.22. The van der Waals surface area contributed by atoms with E-state index in [1.54, 1.807) is 12.1 Å². The highest BCUT2D eigenvalue weighted by atomic mass is 35.5. The van der Waals surface area contributed by atoms with Crippen molar-refractivity contribution in [3.8, 4) is 0 Å². The van der Waals surface area contributed by atoms with Crippen LogP contribution in [0.2, 0.25) is 10.0 Å². The van der Waals surface area contributed by atoms with Gasteiger partial charge >= 0.3 is 0 Å². The largest absolute Gasteiger partial charge is 0.369 e. The van der Waals surface area contributed by atoms with Gasteiger partial charge in [0, 0.05) is 31.4 Å². The molecular weight excluding hydrogens is 286 g/mol. The lowest BCUT2D eigenvalue weighted by Gasteiger charge is -2.41. The summed E-state index contributed by atoms with van der Waals surface area (Å²) in [5.41, 5.74) is 1.05. The third kappa shape index (κ3) is 3.33. The van der Waals surface area contributed by atoms with Crippen molar-refractivity contribution >= 4 is 28.9 Å². The van der Waals surface area contributed by atoms with Crippen molar-refractivity contribution < 1.29 is 4.39 Å². The Kier molecular flexibility index (Phi) is 4.29. The lowest BCUT2D eigenvalue weighted by atomic mass is 9.85. The molecule has 0 amide bonds. The van der Waals surface area contributed by atoms with Gasteiger partial charge in [0.1, 0.15) is 0 Å². The minimum Gasteiger partial charge on any atom is -0.369 e. The zero-order chi connectivity index (χ0) is 14.2. The van der Waals surface area contributed by atoms with Crippen LogP contribution >= 0.6 is 23.2 Å². The fourth-order valence-corrected chi connectivity index (χ4v) is 2.76. The molecule has 106 valence electrons. The Morgan fingerprint density at radius 1 is 1.26 bits per heavy atom. The number of rotatable bonds is 1. The number of nitrogens with zero attached hydrogens (tertiary/aromatic N) is 1. The summed E-state index contributed by atoms with van der Waals surface area (Å²) in [6, 6.07) is 3.67. The van der Waals surface area contributed by atoms with Crippen LogP contribution < -0.4 is 10.2 Å². The smallest absolute Gasteiger partial charge is 0.160 e. The summed E-state index contributed by atoms with van der Waals surface area (Å²) >= 11 is 11.7. The van der Waals surface area contributed by atoms with Gasteiger partial charge in [-0.2, -0.15) is 0 Å². The number of hydrogen-bond acceptors (Lipinski definition) is 2. The van der Waals surface area contributed by atoms with E-state index in [1.807, 2.05) is 0 Å². The first-order chi connectivity index (χ1) is 8.79. The molecule has 1 saturated heterocycles. The summed E-state index contributed by atoms with van der Waals surface area (Å²) in [7, 11) is 0. The maximum Gasteiger partial charge on any atom is 0.160 e. The van der Waals surface area contributed by atoms with Crippen LogP contribution in [0.15, 0.2) is 12.1 Å². The monoisotopic (exact) mass is 304 g/mol. The summed E-state index contributed by atoms with van der Waals surface area (Å²) in [5, 5.41) is 3.67. The van der Waals surface area contributed by atoms with E-state index in [9.17, 15) is 4.39 Å². The van der Waals surface area contributed by atoms with Crippen LogP contribution in [0.25, 0.3) is 0 Å². The Hall–Kier alpha value is -0.510. The van der Waals surface area contributed by atoms with E-state index < -0.39 is 5.82 Å².